The summed E-state index contributed by atoms with van der Waals surface area (Å²) < 4.78 is 22.4. The topological polar surface area (TPSA) is 36.9 Å². The Kier molecular flexibility index (Phi) is 12.3. The van der Waals surface area contributed by atoms with E-state index >= 15 is 0 Å². The summed E-state index contributed by atoms with van der Waals surface area (Å²) in [6.45, 7) is 16.0. The number of hydrogen-bond donors (Lipinski definition) is 0. The molecule has 0 aliphatic heterocycles. The average molecular weight is 304 g/mol. The summed E-state index contributed by atoms with van der Waals surface area (Å²) in [5, 5.41) is 0. The highest BCUT2D eigenvalue weighted by atomic mass is 16.5. The summed E-state index contributed by atoms with van der Waals surface area (Å²) in [7, 11) is 0. The Morgan fingerprint density at radius 3 is 1.90 bits per heavy atom. The van der Waals surface area contributed by atoms with Crippen molar-refractivity contribution in [3.8, 4) is 0 Å². The van der Waals surface area contributed by atoms with Crippen LogP contribution < -0.4 is 0 Å². The van der Waals surface area contributed by atoms with Gasteiger partial charge in [0.2, 0.25) is 0 Å². The lowest BCUT2D eigenvalue weighted by atomic mass is 10.1. The predicted octanol–water partition coefficient (Wildman–Crippen LogP) is 3.82. The van der Waals surface area contributed by atoms with Crippen molar-refractivity contribution < 1.29 is 18.9 Å². The van der Waals surface area contributed by atoms with Gasteiger partial charge in [-0.1, -0.05) is 0 Å². The quantitative estimate of drug-likeness (QED) is 0.457. The molecule has 128 valence electrons. The Balaban J connectivity index is 3.40. The fraction of sp³-hybridized carbons (Fsp3) is 1.00. The molecule has 4 heteroatoms. The Hall–Kier alpha value is -0.160. The minimum atomic E-state index is -0.152. The van der Waals surface area contributed by atoms with Crippen molar-refractivity contribution in [2.24, 2.45) is 0 Å². The molecule has 0 unspecified atom stereocenters. The zero-order valence-electron chi connectivity index (χ0n) is 14.9. The van der Waals surface area contributed by atoms with E-state index in [-0.39, 0.29) is 11.7 Å². The molecule has 0 aromatic rings. The van der Waals surface area contributed by atoms with Gasteiger partial charge in [0.15, 0.2) is 0 Å². The fourth-order valence-corrected chi connectivity index (χ4v) is 1.72. The predicted molar refractivity (Wildman–Crippen MR) is 86.9 cm³/mol. The lowest BCUT2D eigenvalue weighted by molar-refractivity contribution is -0.0693. The third-order valence-electron chi connectivity index (χ3n) is 3.01. The van der Waals surface area contributed by atoms with Crippen LogP contribution in [0.25, 0.3) is 0 Å². The average Bonchev–Trinajstić information content (AvgIpc) is 2.37. The van der Waals surface area contributed by atoms with Crippen molar-refractivity contribution in [3.05, 3.63) is 0 Å². The lowest BCUT2D eigenvalue weighted by Gasteiger charge is -2.25. The van der Waals surface area contributed by atoms with Crippen LogP contribution in [-0.2, 0) is 18.9 Å². The smallest absolute Gasteiger partial charge is 0.0707 e. The highest BCUT2D eigenvalue weighted by molar-refractivity contribution is 4.67. The summed E-state index contributed by atoms with van der Waals surface area (Å²) in [5.41, 5.74) is -0.152. The van der Waals surface area contributed by atoms with Crippen LogP contribution in [-0.4, -0.2) is 50.8 Å². The first kappa shape index (κ1) is 20.8. The maximum Gasteiger partial charge on any atom is 0.0707 e. The summed E-state index contributed by atoms with van der Waals surface area (Å²) in [4.78, 5) is 0. The van der Waals surface area contributed by atoms with Crippen molar-refractivity contribution >= 4 is 0 Å². The molecule has 21 heavy (non-hydrogen) atoms. The van der Waals surface area contributed by atoms with Gasteiger partial charge in [0.05, 0.1) is 31.0 Å². The second kappa shape index (κ2) is 12.4. The fourth-order valence-electron chi connectivity index (χ4n) is 1.72. The zero-order valence-corrected chi connectivity index (χ0v) is 14.9. The van der Waals surface area contributed by atoms with Crippen molar-refractivity contribution in [2.45, 2.75) is 78.6 Å². The molecule has 0 aromatic carbocycles. The minimum Gasteiger partial charge on any atom is -0.381 e. The zero-order chi connectivity index (χ0) is 16.1. The number of rotatable bonds is 14. The monoisotopic (exact) mass is 304 g/mol. The number of hydrogen-bond acceptors (Lipinski definition) is 4. The van der Waals surface area contributed by atoms with E-state index in [2.05, 4.69) is 27.7 Å². The van der Waals surface area contributed by atoms with E-state index < -0.39 is 0 Å². The van der Waals surface area contributed by atoms with Crippen LogP contribution in [0.1, 0.15) is 60.8 Å². The van der Waals surface area contributed by atoms with Crippen molar-refractivity contribution in [1.29, 1.82) is 0 Å². The van der Waals surface area contributed by atoms with Gasteiger partial charge >= 0.3 is 0 Å². The van der Waals surface area contributed by atoms with Crippen LogP contribution in [0.5, 0.6) is 0 Å². The number of unbranched alkanes of at least 4 members (excludes halogenated alkanes) is 1. The molecule has 0 bridgehead atoms. The molecule has 4 nitrogen and oxygen atoms in total. The van der Waals surface area contributed by atoms with Crippen LogP contribution in [0.3, 0.4) is 0 Å². The first-order chi connectivity index (χ1) is 9.83. The molecular weight excluding hydrogens is 268 g/mol. The van der Waals surface area contributed by atoms with E-state index in [1.54, 1.807) is 0 Å². The SMILES string of the molecule is CC(C)OCCCCOCCC(C)(C)OCCOC(C)C. The Bertz CT molecular complexity index is 227. The molecule has 0 aliphatic carbocycles. The molecule has 0 saturated heterocycles. The van der Waals surface area contributed by atoms with E-state index in [1.807, 2.05) is 13.8 Å². The van der Waals surface area contributed by atoms with Crippen molar-refractivity contribution in [2.75, 3.05) is 33.0 Å². The summed E-state index contributed by atoms with van der Waals surface area (Å²) in [6, 6.07) is 0. The van der Waals surface area contributed by atoms with Crippen molar-refractivity contribution in [1.82, 2.24) is 0 Å². The standard InChI is InChI=1S/C17H36O4/c1-15(2)19-11-8-7-10-18-12-9-17(5,6)21-14-13-20-16(3)4/h15-16H,7-14H2,1-6H3. The van der Waals surface area contributed by atoms with E-state index in [9.17, 15) is 0 Å². The summed E-state index contributed by atoms with van der Waals surface area (Å²) in [6.07, 6.45) is 3.60. The molecular formula is C17H36O4. The maximum absolute atomic E-state index is 5.83. The van der Waals surface area contributed by atoms with Gasteiger partial charge in [0, 0.05) is 19.8 Å². The molecule has 0 heterocycles. The molecule has 0 N–H and O–H groups in total. The Morgan fingerprint density at radius 2 is 1.29 bits per heavy atom. The minimum absolute atomic E-state index is 0.152. The van der Waals surface area contributed by atoms with Gasteiger partial charge in [0.1, 0.15) is 0 Å². The van der Waals surface area contributed by atoms with Gasteiger partial charge < -0.3 is 18.9 Å². The molecule has 0 rings (SSSR count). The molecule has 0 spiro atoms. The second-order valence-corrected chi connectivity index (χ2v) is 6.52. The third-order valence-corrected chi connectivity index (χ3v) is 3.01. The maximum atomic E-state index is 5.83. The molecule has 0 fully saturated rings. The largest absolute Gasteiger partial charge is 0.381 e. The van der Waals surface area contributed by atoms with Gasteiger partial charge in [-0.25, -0.2) is 0 Å². The Morgan fingerprint density at radius 1 is 0.714 bits per heavy atom. The van der Waals surface area contributed by atoms with Gasteiger partial charge in [-0.2, -0.15) is 0 Å². The molecule has 0 radical (unpaired) electrons. The summed E-state index contributed by atoms with van der Waals surface area (Å²) >= 11 is 0. The van der Waals surface area contributed by atoms with Crippen LogP contribution in [0, 0.1) is 0 Å². The second-order valence-electron chi connectivity index (χ2n) is 6.52. The van der Waals surface area contributed by atoms with E-state index in [1.165, 1.54) is 0 Å². The normalized spacial score (nSPS) is 12.6. The molecule has 0 saturated carbocycles. The van der Waals surface area contributed by atoms with Crippen LogP contribution in [0.15, 0.2) is 0 Å². The van der Waals surface area contributed by atoms with Crippen molar-refractivity contribution in [3.63, 3.8) is 0 Å². The molecule has 0 amide bonds. The summed E-state index contributed by atoms with van der Waals surface area (Å²) in [5.74, 6) is 0. The van der Waals surface area contributed by atoms with E-state index in [4.69, 9.17) is 18.9 Å². The van der Waals surface area contributed by atoms with Gasteiger partial charge in [-0.05, 0) is 60.8 Å². The highest BCUT2D eigenvalue weighted by Gasteiger charge is 2.17. The molecule has 0 aliphatic rings. The van der Waals surface area contributed by atoms with Crippen LogP contribution in [0.2, 0.25) is 0 Å². The van der Waals surface area contributed by atoms with E-state index in [0.717, 1.165) is 39.1 Å². The molecule has 0 atom stereocenters. The number of ether oxygens (including phenoxy) is 4. The lowest BCUT2D eigenvalue weighted by Crippen LogP contribution is -2.28. The highest BCUT2D eigenvalue weighted by Crippen LogP contribution is 2.14. The first-order valence-electron chi connectivity index (χ1n) is 8.28. The first-order valence-corrected chi connectivity index (χ1v) is 8.28. The van der Waals surface area contributed by atoms with Crippen LogP contribution in [0.4, 0.5) is 0 Å². The van der Waals surface area contributed by atoms with Crippen LogP contribution >= 0.6 is 0 Å². The van der Waals surface area contributed by atoms with E-state index in [0.29, 0.717) is 19.3 Å². The Labute approximate surface area is 131 Å². The van der Waals surface area contributed by atoms with Gasteiger partial charge in [0.25, 0.3) is 0 Å². The van der Waals surface area contributed by atoms with Gasteiger partial charge in [-0.15, -0.1) is 0 Å². The third kappa shape index (κ3) is 16.0. The molecule has 0 aromatic heterocycles. The van der Waals surface area contributed by atoms with Gasteiger partial charge in [-0.3, -0.25) is 0 Å².